The fraction of sp³-hybridized carbons (Fsp3) is 0.476. The summed E-state index contributed by atoms with van der Waals surface area (Å²) in [6.07, 6.45) is 3.26. The Morgan fingerprint density at radius 2 is 2.00 bits per heavy atom. The van der Waals surface area contributed by atoms with Crippen LogP contribution >= 0.6 is 0 Å². The van der Waals surface area contributed by atoms with Gasteiger partial charge in [-0.2, -0.15) is 5.10 Å². The molecule has 1 amide bonds. The second-order valence-corrected chi connectivity index (χ2v) is 7.21. The first-order chi connectivity index (χ1) is 13.0. The van der Waals surface area contributed by atoms with Crippen molar-refractivity contribution in [3.63, 3.8) is 0 Å². The Labute approximate surface area is 159 Å². The number of hydrogen-bond acceptors (Lipinski definition) is 3. The number of fused-ring (bicyclic) bond motifs is 1. The minimum absolute atomic E-state index is 0.0410. The molecule has 0 unspecified atom stereocenters. The third kappa shape index (κ3) is 4.21. The van der Waals surface area contributed by atoms with Crippen molar-refractivity contribution in [1.82, 2.24) is 14.7 Å². The van der Waals surface area contributed by atoms with Crippen LogP contribution in [0.5, 0.6) is 0 Å². The normalized spacial score (nSPS) is 14.7. The summed E-state index contributed by atoms with van der Waals surface area (Å²) in [6, 6.07) is 10.2. The van der Waals surface area contributed by atoms with Gasteiger partial charge in [0.25, 0.3) is 0 Å². The van der Waals surface area contributed by atoms with Crippen molar-refractivity contribution in [2.75, 3.05) is 6.54 Å². The van der Waals surface area contributed by atoms with E-state index in [1.165, 1.54) is 5.56 Å². The Kier molecular flexibility index (Phi) is 5.94. The smallest absolute Gasteiger partial charge is 0.356 e. The number of benzene rings is 1. The average Bonchev–Trinajstić information content (AvgIpc) is 3.06. The SMILES string of the molecule is CC[C@H](C)C(=O)N1CCc2c(c(C(=O)O)nn2CCCc2ccccc2)C1. The maximum Gasteiger partial charge on any atom is 0.356 e. The number of nitrogens with zero attached hydrogens (tertiary/aromatic N) is 3. The number of carboxylic acids is 1. The Balaban J connectivity index is 1.74. The minimum Gasteiger partial charge on any atom is -0.476 e. The Morgan fingerprint density at radius 1 is 1.26 bits per heavy atom. The van der Waals surface area contributed by atoms with Crippen molar-refractivity contribution in [3.8, 4) is 0 Å². The molecular weight excluding hydrogens is 342 g/mol. The van der Waals surface area contributed by atoms with Crippen molar-refractivity contribution in [2.24, 2.45) is 5.92 Å². The van der Waals surface area contributed by atoms with E-state index in [4.69, 9.17) is 0 Å². The number of aromatic nitrogens is 2. The van der Waals surface area contributed by atoms with Crippen molar-refractivity contribution in [1.29, 1.82) is 0 Å². The Morgan fingerprint density at radius 3 is 2.67 bits per heavy atom. The van der Waals surface area contributed by atoms with Gasteiger partial charge in [0, 0.05) is 43.2 Å². The third-order valence-corrected chi connectivity index (χ3v) is 5.36. The topological polar surface area (TPSA) is 75.4 Å². The molecule has 0 aliphatic carbocycles. The van der Waals surface area contributed by atoms with Gasteiger partial charge in [-0.25, -0.2) is 4.79 Å². The number of rotatable bonds is 7. The van der Waals surface area contributed by atoms with Crippen LogP contribution in [0, 0.1) is 5.92 Å². The number of amides is 1. The molecule has 1 N–H and O–H groups in total. The average molecular weight is 369 g/mol. The van der Waals surface area contributed by atoms with E-state index in [0.29, 0.717) is 31.6 Å². The number of hydrogen-bond donors (Lipinski definition) is 1. The van der Waals surface area contributed by atoms with E-state index < -0.39 is 5.97 Å². The monoisotopic (exact) mass is 369 g/mol. The van der Waals surface area contributed by atoms with E-state index in [1.807, 2.05) is 36.7 Å². The number of carboxylic acid groups (broad SMARTS) is 1. The molecule has 0 bridgehead atoms. The van der Waals surface area contributed by atoms with Gasteiger partial charge in [0.1, 0.15) is 0 Å². The van der Waals surface area contributed by atoms with Crippen LogP contribution in [-0.4, -0.2) is 38.2 Å². The maximum atomic E-state index is 12.5. The van der Waals surface area contributed by atoms with Gasteiger partial charge in [-0.15, -0.1) is 0 Å². The van der Waals surface area contributed by atoms with Crippen LogP contribution in [0.4, 0.5) is 0 Å². The van der Waals surface area contributed by atoms with Crippen LogP contribution in [0.15, 0.2) is 30.3 Å². The lowest BCUT2D eigenvalue weighted by atomic mass is 10.0. The number of aryl methyl sites for hydroxylation is 2. The van der Waals surface area contributed by atoms with Gasteiger partial charge in [0.15, 0.2) is 5.69 Å². The summed E-state index contributed by atoms with van der Waals surface area (Å²) >= 11 is 0. The lowest BCUT2D eigenvalue weighted by Gasteiger charge is -2.29. The fourth-order valence-electron chi connectivity index (χ4n) is 3.60. The standard InChI is InChI=1S/C21H27N3O3/c1-3-15(2)20(25)23-13-11-18-17(14-23)19(21(26)27)22-24(18)12-7-10-16-8-5-4-6-9-16/h4-6,8-9,15H,3,7,10-14H2,1-2H3,(H,26,27)/t15-/m0/s1. The van der Waals surface area contributed by atoms with Crippen LogP contribution < -0.4 is 0 Å². The molecular formula is C21H27N3O3. The van der Waals surface area contributed by atoms with Gasteiger partial charge >= 0.3 is 5.97 Å². The van der Waals surface area contributed by atoms with Crippen LogP contribution in [0.3, 0.4) is 0 Å². The van der Waals surface area contributed by atoms with Gasteiger partial charge in [-0.1, -0.05) is 44.2 Å². The summed E-state index contributed by atoms with van der Waals surface area (Å²) in [6.45, 7) is 5.57. The van der Waals surface area contributed by atoms with Crippen molar-refractivity contribution in [2.45, 2.75) is 52.6 Å². The van der Waals surface area contributed by atoms with Gasteiger partial charge in [0.2, 0.25) is 5.91 Å². The summed E-state index contributed by atoms with van der Waals surface area (Å²) < 4.78 is 1.84. The summed E-state index contributed by atoms with van der Waals surface area (Å²) in [5.74, 6) is -0.969. The molecule has 6 heteroatoms. The van der Waals surface area contributed by atoms with Gasteiger partial charge in [-0.3, -0.25) is 9.48 Å². The van der Waals surface area contributed by atoms with Crippen LogP contribution in [0.25, 0.3) is 0 Å². The molecule has 2 heterocycles. The highest BCUT2D eigenvalue weighted by Gasteiger charge is 2.31. The predicted molar refractivity (Wildman–Crippen MR) is 103 cm³/mol. The first-order valence-electron chi connectivity index (χ1n) is 9.65. The molecule has 0 saturated carbocycles. The summed E-state index contributed by atoms with van der Waals surface area (Å²) in [7, 11) is 0. The fourth-order valence-corrected chi connectivity index (χ4v) is 3.60. The van der Waals surface area contributed by atoms with Crippen molar-refractivity contribution >= 4 is 11.9 Å². The summed E-state index contributed by atoms with van der Waals surface area (Å²) in [4.78, 5) is 26.0. The van der Waals surface area contributed by atoms with E-state index in [1.54, 1.807) is 4.90 Å². The zero-order chi connectivity index (χ0) is 19.4. The van der Waals surface area contributed by atoms with Crippen LogP contribution in [0.2, 0.25) is 0 Å². The molecule has 0 spiro atoms. The minimum atomic E-state index is -1.02. The molecule has 1 aromatic carbocycles. The first-order valence-corrected chi connectivity index (χ1v) is 9.65. The van der Waals surface area contributed by atoms with Gasteiger partial charge in [0.05, 0.1) is 0 Å². The van der Waals surface area contributed by atoms with E-state index in [2.05, 4.69) is 17.2 Å². The highest BCUT2D eigenvalue weighted by molar-refractivity contribution is 5.88. The van der Waals surface area contributed by atoms with Crippen LogP contribution in [0.1, 0.15) is 54.0 Å². The number of carbonyl (C=O) groups excluding carboxylic acids is 1. The molecule has 3 rings (SSSR count). The second-order valence-electron chi connectivity index (χ2n) is 7.21. The first kappa shape index (κ1) is 19.1. The van der Waals surface area contributed by atoms with E-state index in [9.17, 15) is 14.7 Å². The Hall–Kier alpha value is -2.63. The third-order valence-electron chi connectivity index (χ3n) is 5.36. The quantitative estimate of drug-likeness (QED) is 0.813. The Bertz CT molecular complexity index is 814. The number of aromatic carboxylic acids is 1. The molecule has 0 fully saturated rings. The molecule has 0 radical (unpaired) electrons. The molecule has 1 atom stereocenters. The largest absolute Gasteiger partial charge is 0.476 e. The molecule has 144 valence electrons. The molecule has 2 aromatic rings. The summed E-state index contributed by atoms with van der Waals surface area (Å²) in [5, 5.41) is 13.9. The highest BCUT2D eigenvalue weighted by Crippen LogP contribution is 2.25. The van der Waals surface area contributed by atoms with E-state index in [-0.39, 0.29) is 17.5 Å². The van der Waals surface area contributed by atoms with E-state index in [0.717, 1.165) is 25.0 Å². The van der Waals surface area contributed by atoms with Gasteiger partial charge in [-0.05, 0) is 24.8 Å². The maximum absolute atomic E-state index is 12.5. The second kappa shape index (κ2) is 8.37. The molecule has 6 nitrogen and oxygen atoms in total. The summed E-state index contributed by atoms with van der Waals surface area (Å²) in [5.41, 5.74) is 3.02. The van der Waals surface area contributed by atoms with Crippen molar-refractivity contribution < 1.29 is 14.7 Å². The number of carbonyl (C=O) groups is 2. The van der Waals surface area contributed by atoms with Gasteiger partial charge < -0.3 is 10.0 Å². The highest BCUT2D eigenvalue weighted by atomic mass is 16.4. The zero-order valence-corrected chi connectivity index (χ0v) is 16.0. The lowest BCUT2D eigenvalue weighted by Crippen LogP contribution is -2.39. The molecule has 27 heavy (non-hydrogen) atoms. The molecule has 1 aliphatic rings. The van der Waals surface area contributed by atoms with Crippen molar-refractivity contribution in [3.05, 3.63) is 52.8 Å². The molecule has 1 aliphatic heterocycles. The van der Waals surface area contributed by atoms with Crippen LogP contribution in [-0.2, 0) is 30.7 Å². The zero-order valence-electron chi connectivity index (χ0n) is 16.0. The predicted octanol–water partition coefficient (Wildman–Crippen LogP) is 3.14. The molecule has 1 aromatic heterocycles. The van der Waals surface area contributed by atoms with E-state index >= 15 is 0 Å². The lowest BCUT2D eigenvalue weighted by molar-refractivity contribution is -0.136. The molecule has 0 saturated heterocycles.